The molecule has 1 aliphatic carbocycles. The highest BCUT2D eigenvalue weighted by Crippen LogP contribution is 2.27. The zero-order valence-corrected chi connectivity index (χ0v) is 20.8. The number of nitrogens with zero attached hydrogens (tertiary/aromatic N) is 2. The molecule has 2 aliphatic rings. The van der Waals surface area contributed by atoms with Crippen molar-refractivity contribution >= 4 is 40.1 Å². The second-order valence-electron chi connectivity index (χ2n) is 9.14. The minimum absolute atomic E-state index is 0.0775. The zero-order valence-electron chi connectivity index (χ0n) is 20.0. The van der Waals surface area contributed by atoms with Gasteiger partial charge in [-0.05, 0) is 49.4 Å². The Morgan fingerprint density at radius 2 is 1.78 bits per heavy atom. The lowest BCUT2D eigenvalue weighted by Gasteiger charge is -2.23. The van der Waals surface area contributed by atoms with Crippen LogP contribution in [0.15, 0.2) is 53.9 Å². The molecule has 1 aliphatic heterocycles. The van der Waals surface area contributed by atoms with E-state index in [9.17, 15) is 19.2 Å². The number of carbonyl (C=O) groups is 4. The number of hydrogen-bond donors (Lipinski definition) is 3. The van der Waals surface area contributed by atoms with Crippen LogP contribution >= 0.6 is 11.3 Å². The molecule has 0 spiro atoms. The summed E-state index contributed by atoms with van der Waals surface area (Å²) in [6, 6.07) is 13.5. The molecular weight excluding hydrogens is 490 g/mol. The first-order valence-electron chi connectivity index (χ1n) is 12.1. The van der Waals surface area contributed by atoms with Gasteiger partial charge in [0.15, 0.2) is 5.13 Å². The second kappa shape index (κ2) is 10.5. The minimum Gasteiger partial charge on any atom is -0.366 e. The molecule has 37 heavy (non-hydrogen) atoms. The lowest BCUT2D eigenvalue weighted by molar-refractivity contribution is -0.133. The fourth-order valence-electron chi connectivity index (χ4n) is 4.31. The summed E-state index contributed by atoms with van der Waals surface area (Å²) in [4.78, 5) is 55.9. The lowest BCUT2D eigenvalue weighted by atomic mass is 10.0. The molecule has 1 saturated carbocycles. The van der Waals surface area contributed by atoms with Gasteiger partial charge in [0.2, 0.25) is 17.7 Å². The molecule has 1 saturated heterocycles. The van der Waals surface area contributed by atoms with E-state index in [2.05, 4.69) is 15.6 Å². The van der Waals surface area contributed by atoms with Crippen LogP contribution in [-0.2, 0) is 9.59 Å². The molecule has 2 fully saturated rings. The Balaban J connectivity index is 1.21. The highest BCUT2D eigenvalue weighted by molar-refractivity contribution is 7.14. The Bertz CT molecular complexity index is 1350. The molecule has 3 aromatic rings. The number of nitrogens with one attached hydrogen (secondary N) is 2. The van der Waals surface area contributed by atoms with E-state index in [1.807, 2.05) is 17.5 Å². The fraction of sp³-hybridized carbons (Fsp3) is 0.259. The predicted molar refractivity (Wildman–Crippen MR) is 140 cm³/mol. The molecule has 1 aromatic heterocycles. The number of hydrogen-bond acceptors (Lipinski definition) is 6. The van der Waals surface area contributed by atoms with Crippen molar-refractivity contribution in [3.63, 3.8) is 0 Å². The van der Waals surface area contributed by atoms with E-state index >= 15 is 0 Å². The first kappa shape index (κ1) is 24.6. The van der Waals surface area contributed by atoms with Crippen LogP contribution in [0.25, 0.3) is 11.3 Å². The largest absolute Gasteiger partial charge is 0.366 e. The van der Waals surface area contributed by atoms with Crippen LogP contribution in [0.1, 0.15) is 52.0 Å². The number of anilines is 1. The molecule has 9 nitrogen and oxygen atoms in total. The average molecular weight is 517 g/mol. The Labute approximate surface area is 218 Å². The highest BCUT2D eigenvalue weighted by Gasteiger charge is 2.35. The zero-order chi connectivity index (χ0) is 25.9. The number of nitrogens with two attached hydrogens (primary N) is 1. The normalized spacial score (nSPS) is 16.9. The van der Waals surface area contributed by atoms with Crippen molar-refractivity contribution in [2.75, 3.05) is 11.9 Å². The maximum atomic E-state index is 13.0. The van der Waals surface area contributed by atoms with E-state index in [1.165, 1.54) is 22.7 Å². The van der Waals surface area contributed by atoms with Crippen LogP contribution in [0, 0.1) is 6.42 Å². The standard InChI is InChI=1S/C27H26N5O4S/c28-24(34)20-5-2-1-4-18(20)14-23(33)32-13-3-6-22(32)26(36)31-27-30-21(15-37-27)16-7-9-17(10-8-16)25(35)29-19-11-12-19/h1-2,4-5,7-10,14-15,19,22H,3,6,11-13H2,(H2,28,34)(H,29,35)(H,30,31,36)/t22-/m0/s1. The van der Waals surface area contributed by atoms with Crippen molar-refractivity contribution in [2.45, 2.75) is 37.8 Å². The summed E-state index contributed by atoms with van der Waals surface area (Å²) in [7, 11) is 0. The number of benzene rings is 2. The monoisotopic (exact) mass is 516 g/mol. The SMILES string of the molecule is NC(=O)c1ccccc1[CH]C(=O)N1CCC[C@H]1C(=O)Nc1nc(-c2ccc(C(=O)NC3CC3)cc2)cs1. The number of thiazole rings is 1. The minimum atomic E-state index is -0.638. The molecule has 4 amide bonds. The quantitative estimate of drug-likeness (QED) is 0.423. The topological polar surface area (TPSA) is 134 Å². The number of amides is 4. The Morgan fingerprint density at radius 3 is 2.51 bits per heavy atom. The molecule has 2 heterocycles. The van der Waals surface area contributed by atoms with Gasteiger partial charge in [0, 0.05) is 34.7 Å². The molecule has 1 radical (unpaired) electrons. The first-order chi connectivity index (χ1) is 17.9. The Hall–Kier alpha value is -4.05. The molecular formula is C27H26N5O4S. The highest BCUT2D eigenvalue weighted by atomic mass is 32.1. The van der Waals surface area contributed by atoms with Crippen LogP contribution in [-0.4, -0.2) is 52.1 Å². The van der Waals surface area contributed by atoms with Crippen molar-refractivity contribution in [1.82, 2.24) is 15.2 Å². The second-order valence-corrected chi connectivity index (χ2v) is 10.00. The van der Waals surface area contributed by atoms with Crippen LogP contribution in [0.3, 0.4) is 0 Å². The molecule has 10 heteroatoms. The van der Waals surface area contributed by atoms with Crippen LogP contribution in [0.4, 0.5) is 5.13 Å². The third-order valence-corrected chi connectivity index (χ3v) is 7.19. The molecule has 0 unspecified atom stereocenters. The number of likely N-dealkylation sites (tertiary alicyclic amines) is 1. The van der Waals surface area contributed by atoms with Gasteiger partial charge in [0.25, 0.3) is 5.91 Å². The molecule has 2 aromatic carbocycles. The fourth-order valence-corrected chi connectivity index (χ4v) is 5.03. The van der Waals surface area contributed by atoms with E-state index in [-0.39, 0.29) is 23.3 Å². The van der Waals surface area contributed by atoms with Crippen molar-refractivity contribution in [2.24, 2.45) is 5.73 Å². The van der Waals surface area contributed by atoms with Crippen molar-refractivity contribution in [3.8, 4) is 11.3 Å². The maximum absolute atomic E-state index is 13.0. The summed E-state index contributed by atoms with van der Waals surface area (Å²) in [5.74, 6) is -1.36. The van der Waals surface area contributed by atoms with E-state index in [4.69, 9.17) is 5.73 Å². The van der Waals surface area contributed by atoms with E-state index in [1.54, 1.807) is 36.4 Å². The predicted octanol–water partition coefficient (Wildman–Crippen LogP) is 2.98. The van der Waals surface area contributed by atoms with Crippen LogP contribution < -0.4 is 16.4 Å². The summed E-state index contributed by atoms with van der Waals surface area (Å²) in [5, 5.41) is 8.06. The van der Waals surface area contributed by atoms with Gasteiger partial charge in [0.05, 0.1) is 12.1 Å². The molecule has 0 bridgehead atoms. The number of rotatable bonds is 8. The molecule has 4 N–H and O–H groups in total. The van der Waals surface area contributed by atoms with Gasteiger partial charge in [-0.3, -0.25) is 19.2 Å². The smallest absolute Gasteiger partial charge is 0.251 e. The summed E-state index contributed by atoms with van der Waals surface area (Å²) >= 11 is 1.29. The maximum Gasteiger partial charge on any atom is 0.251 e. The third kappa shape index (κ3) is 5.69. The van der Waals surface area contributed by atoms with Gasteiger partial charge in [-0.1, -0.05) is 30.3 Å². The summed E-state index contributed by atoms with van der Waals surface area (Å²) in [6.45, 7) is 0.440. The lowest BCUT2D eigenvalue weighted by Crippen LogP contribution is -2.43. The molecule has 189 valence electrons. The van der Waals surface area contributed by atoms with Gasteiger partial charge in [-0.2, -0.15) is 0 Å². The summed E-state index contributed by atoms with van der Waals surface area (Å²) in [6.07, 6.45) is 4.64. The van der Waals surface area contributed by atoms with Crippen molar-refractivity contribution < 1.29 is 19.2 Å². The summed E-state index contributed by atoms with van der Waals surface area (Å²) < 4.78 is 0. The van der Waals surface area contributed by atoms with E-state index in [0.717, 1.165) is 18.4 Å². The van der Waals surface area contributed by atoms with Gasteiger partial charge >= 0.3 is 0 Å². The van der Waals surface area contributed by atoms with Gasteiger partial charge < -0.3 is 21.3 Å². The van der Waals surface area contributed by atoms with Gasteiger partial charge in [-0.25, -0.2) is 4.98 Å². The third-order valence-electron chi connectivity index (χ3n) is 6.43. The van der Waals surface area contributed by atoms with Crippen LogP contribution in [0.5, 0.6) is 0 Å². The van der Waals surface area contributed by atoms with Crippen molar-refractivity contribution in [1.29, 1.82) is 0 Å². The average Bonchev–Trinajstić information content (AvgIpc) is 3.36. The van der Waals surface area contributed by atoms with Gasteiger partial charge in [-0.15, -0.1) is 11.3 Å². The van der Waals surface area contributed by atoms with Crippen LogP contribution in [0.2, 0.25) is 0 Å². The number of carbonyl (C=O) groups excluding carboxylic acids is 4. The number of primary amides is 1. The molecule has 5 rings (SSSR count). The van der Waals surface area contributed by atoms with Crippen molar-refractivity contribution in [3.05, 3.63) is 77.0 Å². The van der Waals surface area contributed by atoms with E-state index < -0.39 is 11.9 Å². The Kier molecular flexibility index (Phi) is 7.00. The number of aromatic nitrogens is 1. The first-order valence-corrected chi connectivity index (χ1v) is 13.0. The Morgan fingerprint density at radius 1 is 1.03 bits per heavy atom. The van der Waals surface area contributed by atoms with Gasteiger partial charge in [0.1, 0.15) is 6.04 Å². The van der Waals surface area contributed by atoms with E-state index in [0.29, 0.717) is 47.4 Å². The molecule has 1 atom stereocenters. The summed E-state index contributed by atoms with van der Waals surface area (Å²) in [5.41, 5.74) is 8.21.